The fourth-order valence-corrected chi connectivity index (χ4v) is 0.663. The molecule has 4 nitrogen and oxygen atoms in total. The van der Waals surface area contributed by atoms with Crippen LogP contribution in [-0.2, 0) is 6.42 Å². The molecule has 0 aliphatic heterocycles. The van der Waals surface area contributed by atoms with Crippen molar-refractivity contribution in [2.75, 3.05) is 0 Å². The molecular weight excluding hydrogens is 128 g/mol. The molecule has 0 aliphatic rings. The van der Waals surface area contributed by atoms with Gasteiger partial charge in [-0.25, -0.2) is 0 Å². The molecule has 1 aromatic heterocycles. The van der Waals surface area contributed by atoms with Crippen LogP contribution in [-0.4, -0.2) is 20.4 Å². The van der Waals surface area contributed by atoms with Crippen LogP contribution in [0.1, 0.15) is 25.6 Å². The molecule has 0 atom stereocenters. The van der Waals surface area contributed by atoms with Crippen molar-refractivity contribution in [2.45, 2.75) is 26.2 Å². The van der Waals surface area contributed by atoms with E-state index in [1.54, 1.807) is 0 Å². The lowest BCUT2D eigenvalue weighted by Crippen LogP contribution is -1.98. The summed E-state index contributed by atoms with van der Waals surface area (Å²) in [4.78, 5) is 0. The van der Waals surface area contributed by atoms with Gasteiger partial charge in [0.1, 0.15) is 0 Å². The van der Waals surface area contributed by atoms with Crippen LogP contribution in [0.2, 0.25) is 0 Å². The van der Waals surface area contributed by atoms with Gasteiger partial charge in [0.2, 0.25) is 0 Å². The number of nitrogens with zero attached hydrogens (tertiary/aromatic N) is 4. The maximum atomic E-state index is 3.79. The van der Waals surface area contributed by atoms with E-state index in [1.807, 2.05) is 0 Å². The third-order valence-corrected chi connectivity index (χ3v) is 1.20. The molecule has 0 N–H and O–H groups in total. The Bertz CT molecular complexity index is 174. The molecule has 0 fully saturated rings. The Morgan fingerprint density at radius 3 is 2.60 bits per heavy atom. The van der Waals surface area contributed by atoms with Crippen molar-refractivity contribution in [2.24, 2.45) is 0 Å². The predicted molar refractivity (Wildman–Crippen MR) is 36.2 cm³/mol. The first-order chi connectivity index (χ1) is 4.93. The Hall–Kier alpha value is -1.06. The molecule has 4 heteroatoms. The Morgan fingerprint density at radius 2 is 2.00 bits per heavy atom. The number of aryl methyl sites for hydroxylation is 1. The molecule has 0 saturated heterocycles. The smallest absolute Gasteiger partial charge is 0.135 e. The van der Waals surface area contributed by atoms with Crippen LogP contribution >= 0.6 is 0 Å². The summed E-state index contributed by atoms with van der Waals surface area (Å²) < 4.78 is 0. The third-order valence-electron chi connectivity index (χ3n) is 1.20. The summed E-state index contributed by atoms with van der Waals surface area (Å²) in [5, 5.41) is 14.8. The van der Waals surface area contributed by atoms with Gasteiger partial charge >= 0.3 is 0 Å². The highest BCUT2D eigenvalue weighted by Gasteiger charge is 1.93. The number of hydrogen-bond donors (Lipinski definition) is 0. The average Bonchev–Trinajstić information content (AvgIpc) is 2.03. The van der Waals surface area contributed by atoms with Gasteiger partial charge in [-0.3, -0.25) is 0 Å². The topological polar surface area (TPSA) is 51.6 Å². The molecule has 0 spiro atoms. The molecule has 0 aromatic carbocycles. The van der Waals surface area contributed by atoms with Crippen LogP contribution in [0.3, 0.4) is 0 Å². The fourth-order valence-electron chi connectivity index (χ4n) is 0.663. The molecule has 0 amide bonds. The van der Waals surface area contributed by atoms with E-state index >= 15 is 0 Å². The summed E-state index contributed by atoms with van der Waals surface area (Å²) in [5.74, 6) is 0.740. The maximum absolute atomic E-state index is 3.79. The van der Waals surface area contributed by atoms with Crippen molar-refractivity contribution in [3.05, 3.63) is 12.2 Å². The van der Waals surface area contributed by atoms with Crippen molar-refractivity contribution in [1.29, 1.82) is 0 Å². The number of aromatic nitrogens is 4. The van der Waals surface area contributed by atoms with E-state index < -0.39 is 0 Å². The Balaban J connectivity index is 2.43. The predicted octanol–water partition coefficient (Wildman–Crippen LogP) is 0.609. The zero-order valence-electron chi connectivity index (χ0n) is 5.99. The third kappa shape index (κ3) is 2.05. The summed E-state index contributed by atoms with van der Waals surface area (Å²) in [5.41, 5.74) is 0. The molecule has 0 unspecified atom stereocenters. The van der Waals surface area contributed by atoms with E-state index in [4.69, 9.17) is 0 Å². The Morgan fingerprint density at radius 1 is 1.30 bits per heavy atom. The molecule has 1 heterocycles. The summed E-state index contributed by atoms with van der Waals surface area (Å²) >= 11 is 0. The number of rotatable bonds is 3. The van der Waals surface area contributed by atoms with Gasteiger partial charge in [-0.1, -0.05) is 13.3 Å². The van der Waals surface area contributed by atoms with Crippen LogP contribution < -0.4 is 0 Å². The largest absolute Gasteiger partial charge is 0.173 e. The van der Waals surface area contributed by atoms with Crippen molar-refractivity contribution in [3.8, 4) is 0 Å². The van der Waals surface area contributed by atoms with Crippen molar-refractivity contribution in [1.82, 2.24) is 20.4 Å². The highest BCUT2D eigenvalue weighted by Crippen LogP contribution is 1.93. The highest BCUT2D eigenvalue weighted by atomic mass is 15.3. The monoisotopic (exact) mass is 138 g/mol. The molecule has 1 rings (SSSR count). The second kappa shape index (κ2) is 3.87. The van der Waals surface area contributed by atoms with Gasteiger partial charge in [-0.05, 0) is 6.42 Å². The molecule has 10 heavy (non-hydrogen) atoms. The van der Waals surface area contributed by atoms with Gasteiger partial charge < -0.3 is 0 Å². The molecule has 1 aromatic rings. The first-order valence-electron chi connectivity index (χ1n) is 3.42. The quantitative estimate of drug-likeness (QED) is 0.614. The molecule has 54 valence electrons. The lowest BCUT2D eigenvalue weighted by atomic mass is 10.2. The first-order valence-corrected chi connectivity index (χ1v) is 3.42. The van der Waals surface area contributed by atoms with E-state index in [0.717, 1.165) is 25.1 Å². The second-order valence-electron chi connectivity index (χ2n) is 2.07. The molecule has 0 radical (unpaired) electrons. The number of unbranched alkanes of at least 4 members (excludes halogenated alkanes) is 1. The molecule has 0 bridgehead atoms. The standard InChI is InChI=1S/C6H10N4/c1-2-3-4-6-9-7-5-8-10-6/h5H,2-4H2,1H3. The number of hydrogen-bond acceptors (Lipinski definition) is 4. The summed E-state index contributed by atoms with van der Waals surface area (Å²) in [6, 6.07) is 0. The summed E-state index contributed by atoms with van der Waals surface area (Å²) in [7, 11) is 0. The summed E-state index contributed by atoms with van der Waals surface area (Å²) in [6.45, 7) is 2.13. The molecule has 0 aliphatic carbocycles. The van der Waals surface area contributed by atoms with E-state index in [1.165, 1.54) is 6.33 Å². The van der Waals surface area contributed by atoms with Crippen LogP contribution in [0.15, 0.2) is 6.33 Å². The van der Waals surface area contributed by atoms with Crippen LogP contribution in [0.4, 0.5) is 0 Å². The van der Waals surface area contributed by atoms with Crippen LogP contribution in [0.25, 0.3) is 0 Å². The first kappa shape index (κ1) is 7.05. The van der Waals surface area contributed by atoms with Crippen molar-refractivity contribution in [3.63, 3.8) is 0 Å². The molecular formula is C6H10N4. The second-order valence-corrected chi connectivity index (χ2v) is 2.07. The van der Waals surface area contributed by atoms with Crippen LogP contribution in [0, 0.1) is 0 Å². The zero-order valence-corrected chi connectivity index (χ0v) is 5.99. The van der Waals surface area contributed by atoms with Gasteiger partial charge in [-0.15, -0.1) is 20.4 Å². The summed E-state index contributed by atoms with van der Waals surface area (Å²) in [6.07, 6.45) is 4.48. The van der Waals surface area contributed by atoms with E-state index in [-0.39, 0.29) is 0 Å². The van der Waals surface area contributed by atoms with Crippen molar-refractivity contribution < 1.29 is 0 Å². The molecule has 0 saturated carbocycles. The van der Waals surface area contributed by atoms with E-state index in [9.17, 15) is 0 Å². The maximum Gasteiger partial charge on any atom is 0.173 e. The highest BCUT2D eigenvalue weighted by molar-refractivity contribution is 4.75. The lowest BCUT2D eigenvalue weighted by molar-refractivity contribution is 0.695. The van der Waals surface area contributed by atoms with E-state index in [2.05, 4.69) is 27.3 Å². The lowest BCUT2D eigenvalue weighted by Gasteiger charge is -1.91. The minimum Gasteiger partial charge on any atom is -0.135 e. The fraction of sp³-hybridized carbons (Fsp3) is 0.667. The van der Waals surface area contributed by atoms with E-state index in [0.29, 0.717) is 0 Å². The van der Waals surface area contributed by atoms with Crippen LogP contribution in [0.5, 0.6) is 0 Å². The van der Waals surface area contributed by atoms with Gasteiger partial charge in [0.05, 0.1) is 0 Å². The average molecular weight is 138 g/mol. The van der Waals surface area contributed by atoms with Gasteiger partial charge in [0.25, 0.3) is 0 Å². The Kier molecular flexibility index (Phi) is 2.73. The SMILES string of the molecule is CCCCc1nncnn1. The normalized spacial score (nSPS) is 9.70. The Labute approximate surface area is 59.7 Å². The minimum absolute atomic E-state index is 0.740. The minimum atomic E-state index is 0.740. The van der Waals surface area contributed by atoms with Gasteiger partial charge in [0, 0.05) is 6.42 Å². The zero-order chi connectivity index (χ0) is 7.23. The van der Waals surface area contributed by atoms with Gasteiger partial charge in [-0.2, -0.15) is 0 Å². The van der Waals surface area contributed by atoms with Gasteiger partial charge in [0.15, 0.2) is 12.2 Å². The van der Waals surface area contributed by atoms with Crippen molar-refractivity contribution >= 4 is 0 Å².